The third kappa shape index (κ3) is 5.05. The van der Waals surface area contributed by atoms with Gasteiger partial charge in [-0.3, -0.25) is 9.10 Å². The van der Waals surface area contributed by atoms with Crippen molar-refractivity contribution in [3.63, 3.8) is 0 Å². The van der Waals surface area contributed by atoms with Crippen LogP contribution in [0, 0.1) is 0 Å². The summed E-state index contributed by atoms with van der Waals surface area (Å²) in [5.41, 5.74) is 1.69. The summed E-state index contributed by atoms with van der Waals surface area (Å²) < 4.78 is 25.6. The number of hydrogen-bond acceptors (Lipinski definition) is 4. The molecule has 0 aromatic heterocycles. The van der Waals surface area contributed by atoms with E-state index in [1.165, 1.54) is 4.31 Å². The highest BCUT2D eigenvalue weighted by molar-refractivity contribution is 7.93. The fraction of sp³-hybridized carbons (Fsp3) is 0.300. The molecule has 2 aromatic carbocycles. The highest BCUT2D eigenvalue weighted by Crippen LogP contribution is 2.26. The van der Waals surface area contributed by atoms with Crippen molar-refractivity contribution in [2.75, 3.05) is 27.2 Å². The third-order valence-corrected chi connectivity index (χ3v) is 6.21. The molecular weight excluding hydrogens is 392 g/mol. The molecule has 0 bridgehead atoms. The van der Waals surface area contributed by atoms with E-state index >= 15 is 0 Å². The maximum absolute atomic E-state index is 12.8. The summed E-state index contributed by atoms with van der Waals surface area (Å²) in [6.07, 6.45) is 0.566. The van der Waals surface area contributed by atoms with Gasteiger partial charge >= 0.3 is 6.03 Å². The lowest BCUT2D eigenvalue weighted by Crippen LogP contribution is -2.34. The molecule has 3 rings (SSSR count). The Kier molecular flexibility index (Phi) is 6.07. The summed E-state index contributed by atoms with van der Waals surface area (Å²) in [4.78, 5) is 24.7. The fourth-order valence-electron chi connectivity index (χ4n) is 3.05. The summed E-state index contributed by atoms with van der Waals surface area (Å²) in [6.45, 7) is 4.10. The number of nitrogens with one attached hydrogen (secondary N) is 3. The Hall–Kier alpha value is -3.07. The topological polar surface area (TPSA) is 108 Å². The zero-order chi connectivity index (χ0) is 21.0. The number of carbonyl (C=O) groups is 2. The highest BCUT2D eigenvalue weighted by atomic mass is 32.2. The molecule has 154 valence electrons. The standard InChI is InChI=1S/C20H24N4O4S/c1-14(2)21-20(26)23-18-10-4-3-9-17(18)22-19(25)15-7-5-8-16(13-15)24-11-6-12-29(24,27)28/h3-5,7-10,13-14H,6,11-12H2,1-2H3,(H,22,25)(H2,21,23,26). The number of carbonyl (C=O) groups excluding carboxylic acids is 2. The number of para-hydroxylation sites is 2. The van der Waals surface area contributed by atoms with Gasteiger partial charge in [0.2, 0.25) is 10.0 Å². The Morgan fingerprint density at radius 2 is 1.69 bits per heavy atom. The van der Waals surface area contributed by atoms with Crippen LogP contribution in [0.15, 0.2) is 48.5 Å². The summed E-state index contributed by atoms with van der Waals surface area (Å²) in [7, 11) is -3.32. The van der Waals surface area contributed by atoms with Crippen LogP contribution in [0.25, 0.3) is 0 Å². The summed E-state index contributed by atoms with van der Waals surface area (Å²) in [5.74, 6) is -0.289. The van der Waals surface area contributed by atoms with Gasteiger partial charge < -0.3 is 16.0 Å². The molecule has 3 amide bonds. The van der Waals surface area contributed by atoms with E-state index in [4.69, 9.17) is 0 Å². The van der Waals surface area contributed by atoms with Crippen LogP contribution in [0.1, 0.15) is 30.6 Å². The normalized spacial score (nSPS) is 15.2. The van der Waals surface area contributed by atoms with Gasteiger partial charge in [0.05, 0.1) is 22.8 Å². The van der Waals surface area contributed by atoms with Gasteiger partial charge in [-0.15, -0.1) is 0 Å². The van der Waals surface area contributed by atoms with Gasteiger partial charge in [-0.2, -0.15) is 0 Å². The van der Waals surface area contributed by atoms with E-state index in [-0.39, 0.29) is 17.8 Å². The smallest absolute Gasteiger partial charge is 0.319 e. The molecule has 0 spiro atoms. The molecule has 8 nitrogen and oxygen atoms in total. The average molecular weight is 417 g/mol. The van der Waals surface area contributed by atoms with E-state index in [1.807, 2.05) is 13.8 Å². The van der Waals surface area contributed by atoms with Crippen molar-refractivity contribution in [1.82, 2.24) is 5.32 Å². The number of urea groups is 1. The van der Waals surface area contributed by atoms with Crippen molar-refractivity contribution < 1.29 is 18.0 Å². The minimum Gasteiger partial charge on any atom is -0.336 e. The van der Waals surface area contributed by atoms with Crippen LogP contribution < -0.4 is 20.3 Å². The van der Waals surface area contributed by atoms with Crippen molar-refractivity contribution in [2.24, 2.45) is 0 Å². The second kappa shape index (κ2) is 8.52. The van der Waals surface area contributed by atoms with Crippen LogP contribution in [-0.4, -0.2) is 38.7 Å². The molecule has 3 N–H and O–H groups in total. The molecule has 2 aromatic rings. The predicted molar refractivity (Wildman–Crippen MR) is 114 cm³/mol. The van der Waals surface area contributed by atoms with Crippen molar-refractivity contribution in [2.45, 2.75) is 26.3 Å². The molecule has 0 unspecified atom stereocenters. The quantitative estimate of drug-likeness (QED) is 0.696. The first-order chi connectivity index (χ1) is 13.8. The van der Waals surface area contributed by atoms with E-state index in [1.54, 1.807) is 48.5 Å². The Labute approximate surface area is 170 Å². The molecule has 1 heterocycles. The molecule has 1 fully saturated rings. The first kappa shape index (κ1) is 20.7. The van der Waals surface area contributed by atoms with Crippen LogP contribution in [0.2, 0.25) is 0 Å². The Balaban J connectivity index is 1.78. The van der Waals surface area contributed by atoms with Gasteiger partial charge in [0, 0.05) is 18.2 Å². The molecule has 0 radical (unpaired) electrons. The Morgan fingerprint density at radius 1 is 1.00 bits per heavy atom. The minimum atomic E-state index is -3.32. The monoisotopic (exact) mass is 416 g/mol. The van der Waals surface area contributed by atoms with Gasteiger partial charge in [0.25, 0.3) is 5.91 Å². The van der Waals surface area contributed by atoms with Crippen molar-refractivity contribution in [3.05, 3.63) is 54.1 Å². The summed E-state index contributed by atoms with van der Waals surface area (Å²) >= 11 is 0. The lowest BCUT2D eigenvalue weighted by molar-refractivity contribution is 0.102. The lowest BCUT2D eigenvalue weighted by Gasteiger charge is -2.18. The average Bonchev–Trinajstić information content (AvgIpc) is 3.02. The molecule has 0 aliphatic carbocycles. The molecule has 0 saturated carbocycles. The van der Waals surface area contributed by atoms with E-state index in [2.05, 4.69) is 16.0 Å². The molecule has 1 aliphatic heterocycles. The third-order valence-electron chi connectivity index (χ3n) is 4.34. The molecule has 0 atom stereocenters. The predicted octanol–water partition coefficient (Wildman–Crippen LogP) is 3.01. The summed E-state index contributed by atoms with van der Waals surface area (Å²) in [5, 5.41) is 8.21. The number of hydrogen-bond donors (Lipinski definition) is 3. The second-order valence-corrected chi connectivity index (χ2v) is 9.06. The largest absolute Gasteiger partial charge is 0.336 e. The SMILES string of the molecule is CC(C)NC(=O)Nc1ccccc1NC(=O)c1cccc(N2CCCS2(=O)=O)c1. The van der Waals surface area contributed by atoms with Gasteiger partial charge in [-0.05, 0) is 50.6 Å². The first-order valence-electron chi connectivity index (χ1n) is 9.34. The number of rotatable bonds is 5. The zero-order valence-electron chi connectivity index (χ0n) is 16.3. The van der Waals surface area contributed by atoms with Gasteiger partial charge in [-0.25, -0.2) is 13.2 Å². The second-order valence-electron chi connectivity index (χ2n) is 7.04. The number of benzene rings is 2. The number of amides is 3. The Bertz CT molecular complexity index is 1020. The minimum absolute atomic E-state index is 0.0265. The molecule has 1 aliphatic rings. The van der Waals surface area contributed by atoms with Crippen LogP contribution in [-0.2, 0) is 10.0 Å². The molecule has 1 saturated heterocycles. The van der Waals surface area contributed by atoms with E-state index < -0.39 is 15.9 Å². The van der Waals surface area contributed by atoms with Gasteiger partial charge in [0.1, 0.15) is 0 Å². The van der Waals surface area contributed by atoms with Crippen molar-refractivity contribution >= 4 is 39.0 Å². The maximum atomic E-state index is 12.8. The van der Waals surface area contributed by atoms with E-state index in [0.29, 0.717) is 35.6 Å². The van der Waals surface area contributed by atoms with Crippen LogP contribution in [0.3, 0.4) is 0 Å². The van der Waals surface area contributed by atoms with Gasteiger partial charge in [-0.1, -0.05) is 18.2 Å². The lowest BCUT2D eigenvalue weighted by atomic mass is 10.1. The molecule has 9 heteroatoms. The first-order valence-corrected chi connectivity index (χ1v) is 11.0. The number of anilines is 3. The van der Waals surface area contributed by atoms with E-state index in [9.17, 15) is 18.0 Å². The number of sulfonamides is 1. The van der Waals surface area contributed by atoms with E-state index in [0.717, 1.165) is 0 Å². The van der Waals surface area contributed by atoms with Crippen LogP contribution >= 0.6 is 0 Å². The van der Waals surface area contributed by atoms with Gasteiger partial charge in [0.15, 0.2) is 0 Å². The van der Waals surface area contributed by atoms with Crippen molar-refractivity contribution in [1.29, 1.82) is 0 Å². The highest BCUT2D eigenvalue weighted by Gasteiger charge is 2.28. The zero-order valence-corrected chi connectivity index (χ0v) is 17.1. The van der Waals surface area contributed by atoms with Crippen LogP contribution in [0.5, 0.6) is 0 Å². The molecular formula is C20H24N4O4S. The summed E-state index contributed by atoms with van der Waals surface area (Å²) in [6, 6.07) is 12.9. The van der Waals surface area contributed by atoms with Crippen molar-refractivity contribution in [3.8, 4) is 0 Å². The Morgan fingerprint density at radius 3 is 2.31 bits per heavy atom. The van der Waals surface area contributed by atoms with Crippen LogP contribution in [0.4, 0.5) is 21.9 Å². The fourth-order valence-corrected chi connectivity index (χ4v) is 4.60. The number of nitrogens with zero attached hydrogens (tertiary/aromatic N) is 1. The maximum Gasteiger partial charge on any atom is 0.319 e. The molecule has 29 heavy (non-hydrogen) atoms.